The Morgan fingerprint density at radius 2 is 1.91 bits per heavy atom. The Balaban J connectivity index is 2.21. The van der Waals surface area contributed by atoms with Gasteiger partial charge in [0, 0.05) is 23.4 Å². The van der Waals surface area contributed by atoms with Crippen LogP contribution in [0, 0.1) is 6.92 Å². The average Bonchev–Trinajstić information content (AvgIpc) is 2.46. The smallest absolute Gasteiger partial charge is 0.196 e. The molecule has 2 aromatic rings. The van der Waals surface area contributed by atoms with Crippen molar-refractivity contribution in [2.75, 3.05) is 0 Å². The third kappa shape index (κ3) is 4.15. The quantitative estimate of drug-likeness (QED) is 0.745. The van der Waals surface area contributed by atoms with E-state index in [1.807, 2.05) is 25.1 Å². The fourth-order valence-electron chi connectivity index (χ4n) is 2.62. The summed E-state index contributed by atoms with van der Waals surface area (Å²) >= 11 is 7.06. The van der Waals surface area contributed by atoms with Gasteiger partial charge in [0.2, 0.25) is 0 Å². The topological polar surface area (TPSA) is 33.5 Å². The predicted molar refractivity (Wildman–Crippen MR) is 103 cm³/mol. The van der Waals surface area contributed by atoms with Crippen LogP contribution in [-0.4, -0.2) is 21.3 Å². The van der Waals surface area contributed by atoms with Crippen molar-refractivity contribution < 1.29 is 4.42 Å². The molecule has 0 radical (unpaired) electrons. The van der Waals surface area contributed by atoms with Gasteiger partial charge in [-0.3, -0.25) is 4.79 Å². The third-order valence-corrected chi connectivity index (χ3v) is 5.15. The molecule has 0 N–H and O–H groups in total. The van der Waals surface area contributed by atoms with E-state index in [0.29, 0.717) is 34.4 Å². The van der Waals surface area contributed by atoms with Crippen LogP contribution in [0.15, 0.2) is 33.7 Å². The fourth-order valence-corrected chi connectivity index (χ4v) is 4.26. The normalized spacial score (nSPS) is 11.4. The van der Waals surface area contributed by atoms with Gasteiger partial charge in [-0.15, -0.1) is 0 Å². The van der Waals surface area contributed by atoms with Gasteiger partial charge in [0.15, 0.2) is 5.43 Å². The first-order valence-electron chi connectivity index (χ1n) is 7.77. The van der Waals surface area contributed by atoms with Crippen molar-refractivity contribution in [2.45, 2.75) is 52.5 Å². The zero-order valence-corrected chi connectivity index (χ0v) is 15.9. The van der Waals surface area contributed by atoms with Crippen molar-refractivity contribution in [3.63, 3.8) is 0 Å². The lowest BCUT2D eigenvalue weighted by Crippen LogP contribution is -2.39. The molecule has 1 aromatic heterocycles. The Morgan fingerprint density at radius 1 is 1.26 bits per heavy atom. The summed E-state index contributed by atoms with van der Waals surface area (Å²) in [6, 6.07) is 6.34. The van der Waals surface area contributed by atoms with Gasteiger partial charge in [-0.05, 0) is 46.8 Å². The van der Waals surface area contributed by atoms with Gasteiger partial charge < -0.3 is 9.32 Å². The van der Waals surface area contributed by atoms with Crippen LogP contribution in [0.4, 0.5) is 0 Å². The monoisotopic (exact) mass is 349 g/mol. The van der Waals surface area contributed by atoms with Crippen molar-refractivity contribution in [3.05, 3.63) is 45.8 Å². The second kappa shape index (κ2) is 7.49. The number of thioether (sulfide) groups is 1. The van der Waals surface area contributed by atoms with Crippen LogP contribution in [0.3, 0.4) is 0 Å². The number of fused-ring (bicyclic) bond motifs is 1. The molecule has 0 saturated carbocycles. The van der Waals surface area contributed by atoms with Crippen LogP contribution >= 0.6 is 24.0 Å². The number of thiocarbonyl (C=S) groups is 1. The van der Waals surface area contributed by atoms with Crippen LogP contribution < -0.4 is 5.43 Å². The lowest BCUT2D eigenvalue weighted by molar-refractivity contribution is 0.303. The summed E-state index contributed by atoms with van der Waals surface area (Å²) in [4.78, 5) is 14.8. The first kappa shape index (κ1) is 18.0. The summed E-state index contributed by atoms with van der Waals surface area (Å²) in [6.07, 6.45) is 1.56. The number of nitrogens with zero attached hydrogens (tertiary/aromatic N) is 1. The van der Waals surface area contributed by atoms with Crippen molar-refractivity contribution in [1.82, 2.24) is 4.90 Å². The molecule has 23 heavy (non-hydrogen) atoms. The Labute approximate surface area is 147 Å². The summed E-state index contributed by atoms with van der Waals surface area (Å²) in [5, 5.41) is 0.638. The van der Waals surface area contributed by atoms with E-state index in [1.165, 1.54) is 11.8 Å². The van der Waals surface area contributed by atoms with Gasteiger partial charge in [-0.25, -0.2) is 0 Å². The molecule has 1 heterocycles. The van der Waals surface area contributed by atoms with Gasteiger partial charge in [0.05, 0.1) is 11.6 Å². The van der Waals surface area contributed by atoms with E-state index < -0.39 is 0 Å². The van der Waals surface area contributed by atoms with Crippen molar-refractivity contribution in [3.8, 4) is 0 Å². The summed E-state index contributed by atoms with van der Waals surface area (Å²) in [5.41, 5.74) is 2.37. The van der Waals surface area contributed by atoms with Crippen LogP contribution in [0.5, 0.6) is 0 Å². The molecule has 0 aliphatic carbocycles. The molecule has 0 saturated heterocycles. The molecule has 0 spiro atoms. The Bertz CT molecular complexity index is 757. The molecule has 2 rings (SSSR count). The summed E-state index contributed by atoms with van der Waals surface area (Å²) < 4.78 is 6.41. The summed E-state index contributed by atoms with van der Waals surface area (Å²) in [6.45, 7) is 10.5. The molecular formula is C18H23NO2S2. The summed E-state index contributed by atoms with van der Waals surface area (Å²) in [7, 11) is 0. The van der Waals surface area contributed by atoms with Crippen molar-refractivity contribution in [2.24, 2.45) is 0 Å². The van der Waals surface area contributed by atoms with E-state index in [-0.39, 0.29) is 5.43 Å². The minimum absolute atomic E-state index is 0.0332. The molecular weight excluding hydrogens is 326 g/mol. The van der Waals surface area contributed by atoms with Gasteiger partial charge in [-0.1, -0.05) is 35.6 Å². The minimum atomic E-state index is 0.0332. The lowest BCUT2D eigenvalue weighted by atomic mass is 10.1. The first-order valence-corrected chi connectivity index (χ1v) is 9.16. The van der Waals surface area contributed by atoms with E-state index in [1.54, 1.807) is 6.26 Å². The molecule has 3 nitrogen and oxygen atoms in total. The highest BCUT2D eigenvalue weighted by Gasteiger charge is 2.18. The zero-order chi connectivity index (χ0) is 17.1. The number of aryl methyl sites for hydroxylation is 1. The highest BCUT2D eigenvalue weighted by molar-refractivity contribution is 8.22. The molecule has 0 aliphatic rings. The Kier molecular flexibility index (Phi) is 5.87. The number of hydrogen-bond donors (Lipinski definition) is 0. The average molecular weight is 350 g/mol. The second-order valence-electron chi connectivity index (χ2n) is 6.24. The Hall–Kier alpha value is -1.33. The number of benzene rings is 1. The van der Waals surface area contributed by atoms with Crippen molar-refractivity contribution in [1.29, 1.82) is 0 Å². The standard InChI is InChI=1S/C18H23NO2S2/c1-11(2)19(12(3)4)18(22)23-10-14-9-21-16-7-6-13(5)8-15(16)17(14)20/h6-9,11-12H,10H2,1-5H3. The van der Waals surface area contributed by atoms with E-state index >= 15 is 0 Å². The molecule has 1 aromatic carbocycles. The molecule has 0 atom stereocenters. The zero-order valence-electron chi connectivity index (χ0n) is 14.3. The van der Waals surface area contributed by atoms with Crippen LogP contribution in [-0.2, 0) is 5.75 Å². The molecule has 0 aliphatic heterocycles. The summed E-state index contributed by atoms with van der Waals surface area (Å²) in [5.74, 6) is 0.529. The molecule has 0 unspecified atom stereocenters. The van der Waals surface area contributed by atoms with E-state index in [2.05, 4.69) is 32.6 Å². The van der Waals surface area contributed by atoms with Crippen LogP contribution in [0.25, 0.3) is 11.0 Å². The molecule has 0 amide bonds. The van der Waals surface area contributed by atoms with E-state index in [4.69, 9.17) is 16.6 Å². The lowest BCUT2D eigenvalue weighted by Gasteiger charge is -2.32. The maximum Gasteiger partial charge on any atom is 0.196 e. The predicted octanol–water partition coefficient (Wildman–Crippen LogP) is 4.74. The van der Waals surface area contributed by atoms with E-state index in [0.717, 1.165) is 9.88 Å². The first-order chi connectivity index (χ1) is 10.8. The SMILES string of the molecule is Cc1ccc2occ(CSC(=S)N(C(C)C)C(C)C)c(=O)c2c1. The maximum absolute atomic E-state index is 12.6. The van der Waals surface area contributed by atoms with Crippen LogP contribution in [0.1, 0.15) is 38.8 Å². The number of rotatable bonds is 4. The molecule has 124 valence electrons. The minimum Gasteiger partial charge on any atom is -0.464 e. The number of hydrogen-bond acceptors (Lipinski definition) is 4. The molecule has 5 heteroatoms. The largest absolute Gasteiger partial charge is 0.464 e. The molecule has 0 fully saturated rings. The van der Waals surface area contributed by atoms with Gasteiger partial charge in [0.25, 0.3) is 0 Å². The maximum atomic E-state index is 12.6. The second-order valence-corrected chi connectivity index (χ2v) is 7.85. The van der Waals surface area contributed by atoms with Crippen LogP contribution in [0.2, 0.25) is 0 Å². The third-order valence-electron chi connectivity index (χ3n) is 3.67. The van der Waals surface area contributed by atoms with Gasteiger partial charge in [0.1, 0.15) is 9.90 Å². The highest BCUT2D eigenvalue weighted by Crippen LogP contribution is 2.21. The Morgan fingerprint density at radius 3 is 2.52 bits per heavy atom. The van der Waals surface area contributed by atoms with Gasteiger partial charge in [-0.2, -0.15) is 0 Å². The van der Waals surface area contributed by atoms with E-state index in [9.17, 15) is 4.79 Å². The van der Waals surface area contributed by atoms with Gasteiger partial charge >= 0.3 is 0 Å². The highest BCUT2D eigenvalue weighted by atomic mass is 32.2. The van der Waals surface area contributed by atoms with Crippen molar-refractivity contribution >= 4 is 39.3 Å². The molecule has 0 bridgehead atoms. The fraction of sp³-hybridized carbons (Fsp3) is 0.444.